The number of aromatic carboxylic acids is 1. The minimum atomic E-state index is -1.07. The van der Waals surface area contributed by atoms with Crippen LogP contribution in [0.1, 0.15) is 35.8 Å². The van der Waals surface area contributed by atoms with Gasteiger partial charge in [-0.25, -0.2) is 14.2 Å². The van der Waals surface area contributed by atoms with E-state index in [1.807, 2.05) is 13.8 Å². The number of hydrogen-bond acceptors (Lipinski definition) is 3. The summed E-state index contributed by atoms with van der Waals surface area (Å²) >= 11 is 5.87. The Morgan fingerprint density at radius 1 is 1.33 bits per heavy atom. The summed E-state index contributed by atoms with van der Waals surface area (Å²) in [6.45, 7) is 3.78. The molecular weight excluding hydrogens is 297 g/mol. The van der Waals surface area contributed by atoms with Crippen molar-refractivity contribution in [1.82, 2.24) is 4.98 Å². The minimum Gasteiger partial charge on any atom is -0.478 e. The molecule has 0 spiro atoms. The number of ether oxygens (including phenoxy) is 1. The first-order chi connectivity index (χ1) is 9.86. The van der Waals surface area contributed by atoms with E-state index in [2.05, 4.69) is 4.98 Å². The number of carboxylic acid groups (broad SMARTS) is 1. The van der Waals surface area contributed by atoms with Gasteiger partial charge in [-0.3, -0.25) is 0 Å². The Hall–Kier alpha value is -2.14. The number of benzene rings is 1. The zero-order valence-electron chi connectivity index (χ0n) is 11.4. The number of hydrogen-bond donors (Lipinski definition) is 1. The van der Waals surface area contributed by atoms with Gasteiger partial charge in [0.2, 0.25) is 5.88 Å². The smallest absolute Gasteiger partial charge is 0.335 e. The van der Waals surface area contributed by atoms with E-state index in [1.165, 1.54) is 24.3 Å². The summed E-state index contributed by atoms with van der Waals surface area (Å²) in [4.78, 5) is 15.4. The molecule has 0 saturated carbocycles. The van der Waals surface area contributed by atoms with Gasteiger partial charge in [-0.15, -0.1) is 0 Å². The minimum absolute atomic E-state index is 0.0374. The van der Waals surface area contributed by atoms with Gasteiger partial charge in [-0.1, -0.05) is 25.4 Å². The molecule has 0 radical (unpaired) electrons. The van der Waals surface area contributed by atoms with Crippen LogP contribution in [0.25, 0.3) is 0 Å². The van der Waals surface area contributed by atoms with Gasteiger partial charge in [-0.2, -0.15) is 0 Å². The van der Waals surface area contributed by atoms with Crippen molar-refractivity contribution in [2.75, 3.05) is 0 Å². The van der Waals surface area contributed by atoms with Crippen LogP contribution < -0.4 is 4.74 Å². The molecule has 0 aliphatic rings. The van der Waals surface area contributed by atoms with E-state index in [-0.39, 0.29) is 28.1 Å². The number of rotatable bonds is 4. The van der Waals surface area contributed by atoms with Crippen LogP contribution in [0.4, 0.5) is 4.39 Å². The summed E-state index contributed by atoms with van der Waals surface area (Å²) in [5.41, 5.74) is 0.657. The first-order valence-corrected chi connectivity index (χ1v) is 6.63. The number of halogens is 2. The van der Waals surface area contributed by atoms with Crippen molar-refractivity contribution in [3.63, 3.8) is 0 Å². The van der Waals surface area contributed by atoms with Crippen LogP contribution in [0.2, 0.25) is 5.02 Å². The van der Waals surface area contributed by atoms with Crippen molar-refractivity contribution >= 4 is 17.6 Å². The molecule has 1 aromatic heterocycles. The standard InChI is InChI=1S/C15H13ClFNO3/c1-8(2)12-5-9(15(19)20)6-14(18-12)21-13-4-3-10(17)7-11(13)16/h3-8H,1-2H3,(H,19,20). The molecule has 0 saturated heterocycles. The first-order valence-electron chi connectivity index (χ1n) is 6.25. The third kappa shape index (κ3) is 3.70. The molecule has 4 nitrogen and oxygen atoms in total. The second-order valence-electron chi connectivity index (χ2n) is 4.76. The van der Waals surface area contributed by atoms with Gasteiger partial charge in [0.05, 0.1) is 10.6 Å². The summed E-state index contributed by atoms with van der Waals surface area (Å²) in [6, 6.07) is 6.47. The Kier molecular flexibility index (Phi) is 4.43. The second-order valence-corrected chi connectivity index (χ2v) is 5.16. The lowest BCUT2D eigenvalue weighted by Crippen LogP contribution is -2.03. The number of carbonyl (C=O) groups is 1. The normalized spacial score (nSPS) is 10.7. The van der Waals surface area contributed by atoms with Gasteiger partial charge >= 0.3 is 5.97 Å². The van der Waals surface area contributed by atoms with E-state index in [1.54, 1.807) is 0 Å². The summed E-state index contributed by atoms with van der Waals surface area (Å²) < 4.78 is 18.5. The molecule has 0 aliphatic carbocycles. The fourth-order valence-corrected chi connectivity index (χ4v) is 1.87. The average Bonchev–Trinajstić information content (AvgIpc) is 2.41. The number of pyridine rings is 1. The Balaban J connectivity index is 2.41. The van der Waals surface area contributed by atoms with Crippen molar-refractivity contribution in [3.05, 3.63) is 52.4 Å². The predicted molar refractivity (Wildman–Crippen MR) is 76.8 cm³/mol. The van der Waals surface area contributed by atoms with Gasteiger partial charge in [0.25, 0.3) is 0 Å². The van der Waals surface area contributed by atoms with E-state index in [9.17, 15) is 9.18 Å². The van der Waals surface area contributed by atoms with Crippen LogP contribution >= 0.6 is 11.6 Å². The Morgan fingerprint density at radius 3 is 2.62 bits per heavy atom. The molecule has 6 heteroatoms. The maximum Gasteiger partial charge on any atom is 0.335 e. The fraction of sp³-hybridized carbons (Fsp3) is 0.200. The summed E-state index contributed by atoms with van der Waals surface area (Å²) in [5.74, 6) is -1.21. The van der Waals surface area contributed by atoms with E-state index < -0.39 is 11.8 Å². The summed E-state index contributed by atoms with van der Waals surface area (Å²) in [6.07, 6.45) is 0. The highest BCUT2D eigenvalue weighted by molar-refractivity contribution is 6.32. The molecule has 0 aliphatic heterocycles. The predicted octanol–water partition coefficient (Wildman–Crippen LogP) is 4.49. The Bertz CT molecular complexity index is 689. The van der Waals surface area contributed by atoms with E-state index in [0.717, 1.165) is 6.07 Å². The van der Waals surface area contributed by atoms with Crippen molar-refractivity contribution < 1.29 is 19.0 Å². The highest BCUT2D eigenvalue weighted by Gasteiger charge is 2.13. The highest BCUT2D eigenvalue weighted by Crippen LogP contribution is 2.30. The highest BCUT2D eigenvalue weighted by atomic mass is 35.5. The molecule has 0 amide bonds. The zero-order chi connectivity index (χ0) is 15.6. The van der Waals surface area contributed by atoms with Gasteiger partial charge in [0.1, 0.15) is 11.6 Å². The molecule has 0 fully saturated rings. The Morgan fingerprint density at radius 2 is 2.05 bits per heavy atom. The van der Waals surface area contributed by atoms with Crippen molar-refractivity contribution in [2.24, 2.45) is 0 Å². The average molecular weight is 310 g/mol. The lowest BCUT2D eigenvalue weighted by atomic mass is 10.1. The van der Waals surface area contributed by atoms with Gasteiger partial charge in [0.15, 0.2) is 0 Å². The molecule has 1 N–H and O–H groups in total. The van der Waals surface area contributed by atoms with Crippen LogP contribution in [-0.2, 0) is 0 Å². The van der Waals surface area contributed by atoms with Crippen LogP contribution in [0, 0.1) is 5.82 Å². The van der Waals surface area contributed by atoms with Crippen molar-refractivity contribution in [1.29, 1.82) is 0 Å². The van der Waals surface area contributed by atoms with Crippen LogP contribution in [-0.4, -0.2) is 16.1 Å². The fourth-order valence-electron chi connectivity index (χ4n) is 1.67. The summed E-state index contributed by atoms with van der Waals surface area (Å²) in [5, 5.41) is 9.20. The molecule has 21 heavy (non-hydrogen) atoms. The van der Waals surface area contributed by atoms with Crippen LogP contribution in [0.3, 0.4) is 0 Å². The molecule has 1 aromatic carbocycles. The summed E-state index contributed by atoms with van der Waals surface area (Å²) in [7, 11) is 0. The number of carboxylic acids is 1. The SMILES string of the molecule is CC(C)c1cc(C(=O)O)cc(Oc2ccc(F)cc2Cl)n1. The number of nitrogens with zero attached hydrogens (tertiary/aromatic N) is 1. The molecule has 2 rings (SSSR count). The zero-order valence-corrected chi connectivity index (χ0v) is 12.2. The van der Waals surface area contributed by atoms with Crippen molar-refractivity contribution in [2.45, 2.75) is 19.8 Å². The molecule has 110 valence electrons. The molecule has 0 unspecified atom stereocenters. The molecular formula is C15H13ClFNO3. The van der Waals surface area contributed by atoms with Crippen LogP contribution in [0.15, 0.2) is 30.3 Å². The molecule has 1 heterocycles. The lowest BCUT2D eigenvalue weighted by molar-refractivity contribution is 0.0696. The molecule has 0 atom stereocenters. The van der Waals surface area contributed by atoms with E-state index >= 15 is 0 Å². The molecule has 0 bridgehead atoms. The van der Waals surface area contributed by atoms with Gasteiger partial charge < -0.3 is 9.84 Å². The van der Waals surface area contributed by atoms with E-state index in [0.29, 0.717) is 5.69 Å². The third-order valence-corrected chi connectivity index (χ3v) is 3.06. The quantitative estimate of drug-likeness (QED) is 0.904. The third-order valence-electron chi connectivity index (χ3n) is 2.77. The number of aromatic nitrogens is 1. The maximum absolute atomic E-state index is 13.0. The van der Waals surface area contributed by atoms with Crippen LogP contribution in [0.5, 0.6) is 11.6 Å². The van der Waals surface area contributed by atoms with Crippen molar-refractivity contribution in [3.8, 4) is 11.6 Å². The first kappa shape index (κ1) is 15.3. The largest absolute Gasteiger partial charge is 0.478 e. The molecule has 2 aromatic rings. The van der Waals surface area contributed by atoms with Gasteiger partial charge in [-0.05, 0) is 30.2 Å². The monoisotopic (exact) mass is 309 g/mol. The maximum atomic E-state index is 13.0. The second kappa shape index (κ2) is 6.10. The lowest BCUT2D eigenvalue weighted by Gasteiger charge is -2.11. The topological polar surface area (TPSA) is 59.4 Å². The van der Waals surface area contributed by atoms with E-state index in [4.69, 9.17) is 21.4 Å². The van der Waals surface area contributed by atoms with Gasteiger partial charge in [0, 0.05) is 11.8 Å². The Labute approximate surface area is 126 Å².